The Morgan fingerprint density at radius 2 is 2.00 bits per heavy atom. The predicted octanol–water partition coefficient (Wildman–Crippen LogP) is 2.97. The normalized spacial score (nSPS) is 33.9. The highest BCUT2D eigenvalue weighted by Gasteiger charge is 2.38. The zero-order valence-corrected chi connectivity index (χ0v) is 11.1. The van der Waals surface area contributed by atoms with Crippen LogP contribution in [0.4, 0.5) is 0 Å². The molecule has 0 aliphatic heterocycles. The second kappa shape index (κ2) is 5.05. The van der Waals surface area contributed by atoms with Gasteiger partial charge < -0.3 is 10.1 Å². The minimum Gasteiger partial charge on any atom is -0.377 e. The minimum atomic E-state index is 0.386. The largest absolute Gasteiger partial charge is 0.377 e. The third-order valence-corrected chi connectivity index (χ3v) is 4.39. The number of nitrogens with one attached hydrogen (secondary N) is 1. The summed E-state index contributed by atoms with van der Waals surface area (Å²) in [7, 11) is 2.08. The maximum Gasteiger partial charge on any atom is 0.0733 e. The third-order valence-electron chi connectivity index (χ3n) is 4.39. The van der Waals surface area contributed by atoms with Crippen LogP contribution in [0, 0.1) is 11.3 Å². The molecule has 1 N–H and O–H groups in total. The number of likely N-dealkylation sites (N-methyl/N-ethyl adjacent to an activating group) is 1. The minimum absolute atomic E-state index is 0.386. The summed E-state index contributed by atoms with van der Waals surface area (Å²) < 4.78 is 6.11. The Bertz CT molecular complexity index is 223. The van der Waals surface area contributed by atoms with Gasteiger partial charge in [0.2, 0.25) is 0 Å². The molecule has 0 amide bonds. The highest BCUT2D eigenvalue weighted by molar-refractivity contribution is 4.93. The van der Waals surface area contributed by atoms with E-state index in [9.17, 15) is 0 Å². The summed E-state index contributed by atoms with van der Waals surface area (Å²) >= 11 is 0. The standard InChI is InChI=1S/C14H27NO/c1-14(2)9-4-5-12(13(14)15-3)16-10-8-11-6-7-11/h11-13,15H,4-10H2,1-3H3. The van der Waals surface area contributed by atoms with Crippen molar-refractivity contribution in [3.63, 3.8) is 0 Å². The van der Waals surface area contributed by atoms with Crippen molar-refractivity contribution >= 4 is 0 Å². The second-order valence-electron chi connectivity index (χ2n) is 6.29. The molecule has 2 fully saturated rings. The molecule has 2 saturated carbocycles. The molecule has 94 valence electrons. The molecule has 0 saturated heterocycles. The van der Waals surface area contributed by atoms with E-state index >= 15 is 0 Å². The van der Waals surface area contributed by atoms with Crippen molar-refractivity contribution in [3.05, 3.63) is 0 Å². The molecule has 0 spiro atoms. The van der Waals surface area contributed by atoms with E-state index in [1.807, 2.05) is 0 Å². The number of hydrogen-bond acceptors (Lipinski definition) is 2. The van der Waals surface area contributed by atoms with Crippen molar-refractivity contribution in [2.45, 2.75) is 64.5 Å². The van der Waals surface area contributed by atoms with Crippen LogP contribution in [-0.2, 0) is 4.74 Å². The van der Waals surface area contributed by atoms with Gasteiger partial charge in [-0.25, -0.2) is 0 Å². The van der Waals surface area contributed by atoms with Gasteiger partial charge in [-0.1, -0.05) is 33.1 Å². The van der Waals surface area contributed by atoms with Gasteiger partial charge in [-0.05, 0) is 37.6 Å². The molecule has 2 nitrogen and oxygen atoms in total. The summed E-state index contributed by atoms with van der Waals surface area (Å²) in [6, 6.07) is 0.528. The van der Waals surface area contributed by atoms with E-state index in [-0.39, 0.29) is 0 Å². The average molecular weight is 225 g/mol. The monoisotopic (exact) mass is 225 g/mol. The van der Waals surface area contributed by atoms with Crippen molar-refractivity contribution in [3.8, 4) is 0 Å². The maximum absolute atomic E-state index is 6.11. The Hall–Kier alpha value is -0.0800. The van der Waals surface area contributed by atoms with Crippen LogP contribution < -0.4 is 5.32 Å². The van der Waals surface area contributed by atoms with Crippen LogP contribution in [0.1, 0.15) is 52.4 Å². The molecule has 16 heavy (non-hydrogen) atoms. The van der Waals surface area contributed by atoms with Crippen LogP contribution >= 0.6 is 0 Å². The predicted molar refractivity (Wildman–Crippen MR) is 67.6 cm³/mol. The lowest BCUT2D eigenvalue weighted by atomic mass is 9.72. The Kier molecular flexibility index (Phi) is 3.91. The van der Waals surface area contributed by atoms with Gasteiger partial charge in [0.25, 0.3) is 0 Å². The van der Waals surface area contributed by atoms with Gasteiger partial charge >= 0.3 is 0 Å². The first kappa shape index (κ1) is 12.4. The van der Waals surface area contributed by atoms with E-state index in [0.29, 0.717) is 17.6 Å². The molecule has 0 radical (unpaired) electrons. The first-order valence-electron chi connectivity index (χ1n) is 6.92. The first-order chi connectivity index (χ1) is 7.63. The summed E-state index contributed by atoms with van der Waals surface area (Å²) in [5.74, 6) is 0.990. The maximum atomic E-state index is 6.11. The molecule has 2 heteroatoms. The summed E-state index contributed by atoms with van der Waals surface area (Å²) in [5, 5.41) is 3.47. The second-order valence-corrected chi connectivity index (χ2v) is 6.29. The van der Waals surface area contributed by atoms with Crippen LogP contribution in [0.3, 0.4) is 0 Å². The number of ether oxygens (including phenoxy) is 1. The molecule has 2 aliphatic rings. The van der Waals surface area contributed by atoms with E-state index in [4.69, 9.17) is 4.74 Å². The molecule has 0 aromatic rings. The Morgan fingerprint density at radius 3 is 2.62 bits per heavy atom. The third kappa shape index (κ3) is 2.98. The Labute approximate surface area is 100 Å². The van der Waals surface area contributed by atoms with Gasteiger partial charge in [0.15, 0.2) is 0 Å². The summed E-state index contributed by atoms with van der Waals surface area (Å²) in [6.07, 6.45) is 8.48. The fourth-order valence-corrected chi connectivity index (χ4v) is 3.13. The molecular formula is C14H27NO. The van der Waals surface area contributed by atoms with E-state index in [2.05, 4.69) is 26.2 Å². The van der Waals surface area contributed by atoms with Crippen molar-refractivity contribution in [1.82, 2.24) is 5.32 Å². The SMILES string of the molecule is CNC1C(OCCC2CC2)CCCC1(C)C. The van der Waals surface area contributed by atoms with E-state index in [1.165, 1.54) is 38.5 Å². The first-order valence-corrected chi connectivity index (χ1v) is 6.92. The lowest BCUT2D eigenvalue weighted by molar-refractivity contribution is -0.0366. The van der Waals surface area contributed by atoms with Gasteiger partial charge in [0.1, 0.15) is 0 Å². The van der Waals surface area contributed by atoms with E-state index in [1.54, 1.807) is 0 Å². The zero-order valence-electron chi connectivity index (χ0n) is 11.1. The van der Waals surface area contributed by atoms with Gasteiger partial charge in [0.05, 0.1) is 6.10 Å². The Balaban J connectivity index is 1.80. The lowest BCUT2D eigenvalue weighted by Gasteiger charge is -2.43. The highest BCUT2D eigenvalue weighted by Crippen LogP contribution is 2.37. The van der Waals surface area contributed by atoms with Crippen molar-refractivity contribution in [2.24, 2.45) is 11.3 Å². The molecular weight excluding hydrogens is 198 g/mol. The van der Waals surface area contributed by atoms with Gasteiger partial charge in [-0.3, -0.25) is 0 Å². The Morgan fingerprint density at radius 1 is 1.25 bits per heavy atom. The van der Waals surface area contributed by atoms with Crippen LogP contribution in [0.25, 0.3) is 0 Å². The summed E-state index contributed by atoms with van der Waals surface area (Å²) in [4.78, 5) is 0. The molecule has 2 unspecified atom stereocenters. The summed E-state index contributed by atoms with van der Waals surface area (Å²) in [6.45, 7) is 5.71. The smallest absolute Gasteiger partial charge is 0.0733 e. The molecule has 0 heterocycles. The quantitative estimate of drug-likeness (QED) is 0.776. The van der Waals surface area contributed by atoms with Crippen molar-refractivity contribution < 1.29 is 4.74 Å². The van der Waals surface area contributed by atoms with Crippen LogP contribution in [-0.4, -0.2) is 25.8 Å². The van der Waals surface area contributed by atoms with Crippen molar-refractivity contribution in [1.29, 1.82) is 0 Å². The molecule has 0 bridgehead atoms. The van der Waals surface area contributed by atoms with Crippen LogP contribution in [0.2, 0.25) is 0 Å². The fourth-order valence-electron chi connectivity index (χ4n) is 3.13. The van der Waals surface area contributed by atoms with Gasteiger partial charge in [0, 0.05) is 12.6 Å². The van der Waals surface area contributed by atoms with Crippen LogP contribution in [0.15, 0.2) is 0 Å². The number of hydrogen-bond donors (Lipinski definition) is 1. The van der Waals surface area contributed by atoms with E-state index in [0.717, 1.165) is 12.5 Å². The molecule has 2 rings (SSSR count). The van der Waals surface area contributed by atoms with Crippen LogP contribution in [0.5, 0.6) is 0 Å². The highest BCUT2D eigenvalue weighted by atomic mass is 16.5. The van der Waals surface area contributed by atoms with E-state index < -0.39 is 0 Å². The van der Waals surface area contributed by atoms with Gasteiger partial charge in [-0.15, -0.1) is 0 Å². The molecule has 0 aromatic heterocycles. The molecule has 0 aromatic carbocycles. The zero-order chi connectivity index (χ0) is 11.6. The summed E-state index contributed by atoms with van der Waals surface area (Å²) in [5.41, 5.74) is 0.386. The fraction of sp³-hybridized carbons (Fsp3) is 1.00. The number of rotatable bonds is 5. The molecule has 2 aliphatic carbocycles. The van der Waals surface area contributed by atoms with Crippen molar-refractivity contribution in [2.75, 3.05) is 13.7 Å². The average Bonchev–Trinajstić information content (AvgIpc) is 3.00. The lowest BCUT2D eigenvalue weighted by Crippen LogP contribution is -2.52. The topological polar surface area (TPSA) is 21.3 Å². The van der Waals surface area contributed by atoms with Gasteiger partial charge in [-0.2, -0.15) is 0 Å². The molecule has 2 atom stereocenters.